The van der Waals surface area contributed by atoms with Gasteiger partial charge >= 0.3 is 6.18 Å². The molecule has 8 nitrogen and oxygen atoms in total. The summed E-state index contributed by atoms with van der Waals surface area (Å²) < 4.78 is 39.6. The molecule has 1 aromatic carbocycles. The van der Waals surface area contributed by atoms with Crippen LogP contribution in [0.25, 0.3) is 11.0 Å². The topological polar surface area (TPSA) is 131 Å². The van der Waals surface area contributed by atoms with Crippen LogP contribution in [0.3, 0.4) is 0 Å². The number of H-pyrrole nitrogens is 1. The van der Waals surface area contributed by atoms with E-state index in [1.54, 1.807) is 0 Å². The van der Waals surface area contributed by atoms with Crippen LogP contribution in [0.5, 0.6) is 5.75 Å². The molecule has 2 heterocycles. The van der Waals surface area contributed by atoms with E-state index in [0.29, 0.717) is 11.9 Å². The summed E-state index contributed by atoms with van der Waals surface area (Å²) in [7, 11) is 0. The number of rotatable bonds is 5. The van der Waals surface area contributed by atoms with Gasteiger partial charge in [-0.15, -0.1) is 0 Å². The van der Waals surface area contributed by atoms with E-state index in [4.69, 9.17) is 10.8 Å². The van der Waals surface area contributed by atoms with Crippen molar-refractivity contribution >= 4 is 23.3 Å². The highest BCUT2D eigenvalue weighted by Crippen LogP contribution is 2.35. The number of hydrogen-bond donors (Lipinski definition) is 5. The van der Waals surface area contributed by atoms with Crippen molar-refractivity contribution in [3.63, 3.8) is 0 Å². The normalized spacial score (nSPS) is 13.7. The van der Waals surface area contributed by atoms with Gasteiger partial charge < -0.3 is 15.4 Å². The maximum Gasteiger partial charge on any atom is 0.416 e. The van der Waals surface area contributed by atoms with Crippen LogP contribution in [0.1, 0.15) is 47.9 Å². The minimum absolute atomic E-state index is 0.0119. The van der Waals surface area contributed by atoms with E-state index < -0.39 is 23.4 Å². The summed E-state index contributed by atoms with van der Waals surface area (Å²) in [5, 5.41) is 27.4. The number of fused-ring (bicyclic) bond motifs is 1. The molecule has 0 unspecified atom stereocenters. The number of aromatic amines is 1. The van der Waals surface area contributed by atoms with E-state index in [0.717, 1.165) is 22.9 Å². The van der Waals surface area contributed by atoms with Crippen LogP contribution in [0.4, 0.5) is 13.2 Å². The fourth-order valence-corrected chi connectivity index (χ4v) is 3.25. The van der Waals surface area contributed by atoms with Gasteiger partial charge in [-0.2, -0.15) is 13.2 Å². The highest BCUT2D eigenvalue weighted by Gasteiger charge is 2.32. The van der Waals surface area contributed by atoms with E-state index in [9.17, 15) is 23.1 Å². The van der Waals surface area contributed by atoms with Crippen LogP contribution in [0.15, 0.2) is 30.5 Å². The lowest BCUT2D eigenvalue weighted by Crippen LogP contribution is -2.33. The molecule has 0 spiro atoms. The molecular weight excluding hydrogens is 437 g/mol. The van der Waals surface area contributed by atoms with Crippen molar-refractivity contribution in [1.29, 1.82) is 10.8 Å². The van der Waals surface area contributed by atoms with Gasteiger partial charge in [0.2, 0.25) is 0 Å². The van der Waals surface area contributed by atoms with E-state index >= 15 is 0 Å². The number of alkyl halides is 3. The summed E-state index contributed by atoms with van der Waals surface area (Å²) in [6, 6.07) is 4.43. The van der Waals surface area contributed by atoms with E-state index in [-0.39, 0.29) is 35.1 Å². The predicted octanol–water partition coefficient (Wildman–Crippen LogP) is 3.80. The first kappa shape index (κ1) is 24.0. The molecule has 4 rings (SSSR count). The minimum atomic E-state index is -4.60. The second-order valence-electron chi connectivity index (χ2n) is 7.92. The number of carbonyl (C=O) groups excluding carboxylic acids is 1. The molecule has 5 N–H and O–H groups in total. The standard InChI is InChI=1S/C17H15F3N6O2.C5H10/c18-17(19,20)9-6-11-14(12(27)7-9)25-13(24-11)3-4-23-16(28)10-2-1-5-26(8-21)15(10)22;1-5-3-2-4-5/h1-2,5-8,21-22,27H,3-4H2,(H,23,28)(H,24,25);5H,2-4H2,1H3. The zero-order valence-electron chi connectivity index (χ0n) is 18.0. The Bertz CT molecular complexity index is 1210. The number of amides is 1. The molecule has 0 atom stereocenters. The Morgan fingerprint density at radius 1 is 1.39 bits per heavy atom. The van der Waals surface area contributed by atoms with Crippen molar-refractivity contribution in [2.45, 2.75) is 38.8 Å². The summed E-state index contributed by atoms with van der Waals surface area (Å²) in [6.07, 6.45) is 2.40. The molecule has 0 aliphatic heterocycles. The van der Waals surface area contributed by atoms with Crippen molar-refractivity contribution in [3.8, 4) is 5.75 Å². The van der Waals surface area contributed by atoms with E-state index in [1.807, 2.05) is 0 Å². The molecule has 0 saturated heterocycles. The first-order chi connectivity index (χ1) is 15.6. The van der Waals surface area contributed by atoms with Crippen molar-refractivity contribution in [3.05, 3.63) is 52.9 Å². The van der Waals surface area contributed by atoms with Gasteiger partial charge in [-0.3, -0.25) is 20.2 Å². The highest BCUT2D eigenvalue weighted by molar-refractivity contribution is 5.93. The second kappa shape index (κ2) is 9.88. The Balaban J connectivity index is 0.000000541. The van der Waals surface area contributed by atoms with Gasteiger partial charge in [0.25, 0.3) is 5.91 Å². The number of aromatic hydroxyl groups is 1. The number of halogens is 3. The molecule has 2 aromatic heterocycles. The number of carbonyl (C=O) groups is 1. The third kappa shape index (κ3) is 5.79. The maximum absolute atomic E-state index is 12.8. The summed E-state index contributed by atoms with van der Waals surface area (Å²) >= 11 is 0. The van der Waals surface area contributed by atoms with Crippen LogP contribution < -0.4 is 10.8 Å². The van der Waals surface area contributed by atoms with Crippen LogP contribution >= 0.6 is 0 Å². The third-order valence-corrected chi connectivity index (χ3v) is 5.39. The van der Waals surface area contributed by atoms with Gasteiger partial charge in [0.15, 0.2) is 0 Å². The number of benzene rings is 1. The molecule has 176 valence electrons. The van der Waals surface area contributed by atoms with Gasteiger partial charge in [-0.1, -0.05) is 26.2 Å². The molecule has 1 saturated carbocycles. The quantitative estimate of drug-likeness (QED) is 0.292. The van der Waals surface area contributed by atoms with E-state index in [2.05, 4.69) is 22.2 Å². The van der Waals surface area contributed by atoms with Crippen molar-refractivity contribution < 1.29 is 23.1 Å². The Hall–Kier alpha value is -3.63. The molecule has 1 amide bonds. The third-order valence-electron chi connectivity index (χ3n) is 5.39. The minimum Gasteiger partial charge on any atom is -0.506 e. The monoisotopic (exact) mass is 462 g/mol. The Kier molecular flexibility index (Phi) is 7.19. The van der Waals surface area contributed by atoms with Gasteiger partial charge in [0.1, 0.15) is 22.6 Å². The first-order valence-electron chi connectivity index (χ1n) is 10.4. The SMILES string of the molecule is CC1CCC1.N=Cn1cccc(C(=O)NCCc2nc3c(O)cc(C(F)(F)F)cc3[nH]2)c1=N. The van der Waals surface area contributed by atoms with Crippen LogP contribution in [0.2, 0.25) is 0 Å². The van der Waals surface area contributed by atoms with Crippen LogP contribution in [-0.2, 0) is 12.6 Å². The molecule has 3 aromatic rings. The Labute approximate surface area is 187 Å². The number of nitrogens with one attached hydrogen (secondary N) is 4. The average Bonchev–Trinajstić information content (AvgIpc) is 3.16. The molecule has 1 fully saturated rings. The first-order valence-corrected chi connectivity index (χ1v) is 10.4. The maximum atomic E-state index is 12.8. The molecule has 1 aliphatic carbocycles. The number of pyridine rings is 1. The van der Waals surface area contributed by atoms with E-state index in [1.165, 1.54) is 37.6 Å². The largest absolute Gasteiger partial charge is 0.506 e. The number of aromatic nitrogens is 3. The molecular formula is C22H25F3N6O2. The molecule has 33 heavy (non-hydrogen) atoms. The summed E-state index contributed by atoms with van der Waals surface area (Å²) in [6.45, 7) is 2.41. The number of phenols is 1. The van der Waals surface area contributed by atoms with Crippen LogP contribution in [0, 0.1) is 16.7 Å². The predicted molar refractivity (Wildman–Crippen MR) is 116 cm³/mol. The summed E-state index contributed by atoms with van der Waals surface area (Å²) in [4.78, 5) is 18.9. The molecule has 11 heteroatoms. The summed E-state index contributed by atoms with van der Waals surface area (Å²) in [5.41, 5.74) is -1.02. The van der Waals surface area contributed by atoms with Gasteiger partial charge in [0.05, 0.1) is 23.0 Å². The van der Waals surface area contributed by atoms with Crippen molar-refractivity contribution in [2.24, 2.45) is 5.92 Å². The van der Waals surface area contributed by atoms with Crippen molar-refractivity contribution in [1.82, 2.24) is 19.9 Å². The summed E-state index contributed by atoms with van der Waals surface area (Å²) in [5.74, 6) is 0.240. The number of imidazole rings is 1. The van der Waals surface area contributed by atoms with Crippen molar-refractivity contribution in [2.75, 3.05) is 6.54 Å². The van der Waals surface area contributed by atoms with Gasteiger partial charge in [0, 0.05) is 19.2 Å². The number of nitrogens with zero attached hydrogens (tertiary/aromatic N) is 2. The lowest BCUT2D eigenvalue weighted by Gasteiger charge is -2.18. The van der Waals surface area contributed by atoms with Gasteiger partial charge in [-0.05, 0) is 30.2 Å². The number of hydrogen-bond acceptors (Lipinski definition) is 5. The second-order valence-corrected chi connectivity index (χ2v) is 7.92. The zero-order chi connectivity index (χ0) is 24.2. The fraction of sp³-hybridized carbons (Fsp3) is 0.364. The lowest BCUT2D eigenvalue weighted by molar-refractivity contribution is -0.137. The lowest BCUT2D eigenvalue weighted by atomic mass is 9.88. The van der Waals surface area contributed by atoms with Gasteiger partial charge in [-0.25, -0.2) is 4.98 Å². The number of phenolic OH excluding ortho intramolecular Hbond substituents is 1. The average molecular weight is 462 g/mol. The fourth-order valence-electron chi connectivity index (χ4n) is 3.25. The van der Waals surface area contributed by atoms with Crippen LogP contribution in [-0.4, -0.2) is 38.4 Å². The highest BCUT2D eigenvalue weighted by atomic mass is 19.4. The Morgan fingerprint density at radius 3 is 2.67 bits per heavy atom. The molecule has 0 radical (unpaired) electrons. The smallest absolute Gasteiger partial charge is 0.416 e. The molecule has 1 aliphatic rings. The zero-order valence-corrected chi connectivity index (χ0v) is 18.0. The molecule has 0 bridgehead atoms. The Morgan fingerprint density at radius 2 is 2.09 bits per heavy atom.